The molecule has 1 heterocycles. The summed E-state index contributed by atoms with van der Waals surface area (Å²) in [4.78, 5) is 0. The SMILES string of the molecule is O[C@H](C[NH2+]Cc1ccc(-c2cc(Cl)cc(Cl)c2)o1)c1ccccc1. The van der Waals surface area contributed by atoms with Gasteiger partial charge in [0.1, 0.15) is 25.0 Å². The second kappa shape index (κ2) is 7.86. The van der Waals surface area contributed by atoms with Crippen LogP contribution in [0.1, 0.15) is 17.4 Å². The zero-order valence-electron chi connectivity index (χ0n) is 13.0. The summed E-state index contributed by atoms with van der Waals surface area (Å²) < 4.78 is 5.84. The second-order valence-electron chi connectivity index (χ2n) is 5.58. The van der Waals surface area contributed by atoms with Gasteiger partial charge in [-0.3, -0.25) is 0 Å². The number of aliphatic hydroxyl groups excluding tert-OH is 1. The number of hydrogen-bond donors (Lipinski definition) is 2. The summed E-state index contributed by atoms with van der Waals surface area (Å²) in [5.41, 5.74) is 1.77. The van der Waals surface area contributed by atoms with Crippen LogP contribution < -0.4 is 5.32 Å². The molecule has 0 aliphatic rings. The molecule has 0 fully saturated rings. The quantitative estimate of drug-likeness (QED) is 0.694. The number of benzene rings is 2. The molecule has 3 N–H and O–H groups in total. The molecule has 0 aliphatic heterocycles. The largest absolute Gasteiger partial charge is 0.455 e. The minimum atomic E-state index is -0.493. The van der Waals surface area contributed by atoms with Gasteiger partial charge in [0.25, 0.3) is 0 Å². The van der Waals surface area contributed by atoms with E-state index in [1.54, 1.807) is 6.07 Å². The summed E-state index contributed by atoms with van der Waals surface area (Å²) in [7, 11) is 0. The smallest absolute Gasteiger partial charge is 0.158 e. The monoisotopic (exact) mass is 362 g/mol. The molecule has 2 aromatic carbocycles. The third-order valence-corrected chi connectivity index (χ3v) is 4.16. The summed E-state index contributed by atoms with van der Waals surface area (Å²) >= 11 is 12.0. The molecule has 3 nitrogen and oxygen atoms in total. The highest BCUT2D eigenvalue weighted by atomic mass is 35.5. The normalized spacial score (nSPS) is 12.3. The van der Waals surface area contributed by atoms with Crippen LogP contribution in [0.2, 0.25) is 10.0 Å². The van der Waals surface area contributed by atoms with Crippen LogP contribution in [0.25, 0.3) is 11.3 Å². The Morgan fingerprint density at radius 2 is 1.67 bits per heavy atom. The number of quaternary nitrogens is 1. The molecule has 0 bridgehead atoms. The Balaban J connectivity index is 1.58. The minimum absolute atomic E-state index is 0.493. The fourth-order valence-corrected chi connectivity index (χ4v) is 3.06. The Kier molecular flexibility index (Phi) is 5.59. The van der Waals surface area contributed by atoms with Crippen molar-refractivity contribution in [1.82, 2.24) is 0 Å². The van der Waals surface area contributed by atoms with Crippen molar-refractivity contribution in [2.75, 3.05) is 6.54 Å². The van der Waals surface area contributed by atoms with E-state index in [1.165, 1.54) is 0 Å². The van der Waals surface area contributed by atoms with E-state index in [2.05, 4.69) is 0 Å². The van der Waals surface area contributed by atoms with Gasteiger partial charge >= 0.3 is 0 Å². The predicted octanol–water partition coefficient (Wildman–Crippen LogP) is 4.05. The van der Waals surface area contributed by atoms with Crippen LogP contribution in [0.15, 0.2) is 65.1 Å². The lowest BCUT2D eigenvalue weighted by Crippen LogP contribution is -2.83. The van der Waals surface area contributed by atoms with Crippen molar-refractivity contribution in [1.29, 1.82) is 0 Å². The molecule has 0 saturated heterocycles. The number of aliphatic hydroxyl groups is 1. The predicted molar refractivity (Wildman–Crippen MR) is 96.1 cm³/mol. The second-order valence-corrected chi connectivity index (χ2v) is 6.45. The molecule has 0 spiro atoms. The maximum Gasteiger partial charge on any atom is 0.158 e. The van der Waals surface area contributed by atoms with Crippen molar-refractivity contribution < 1.29 is 14.8 Å². The number of halogens is 2. The average molecular weight is 363 g/mol. The van der Waals surface area contributed by atoms with Gasteiger partial charge in [-0.2, -0.15) is 0 Å². The van der Waals surface area contributed by atoms with Gasteiger partial charge in [0, 0.05) is 15.6 Å². The molecule has 124 valence electrons. The lowest BCUT2D eigenvalue weighted by atomic mass is 10.1. The summed E-state index contributed by atoms with van der Waals surface area (Å²) in [6, 6.07) is 18.8. The Hall–Kier alpha value is -1.78. The average Bonchev–Trinajstić information content (AvgIpc) is 3.04. The van der Waals surface area contributed by atoms with Crippen LogP contribution in [0.3, 0.4) is 0 Å². The molecular formula is C19H18Cl2NO2+. The summed E-state index contributed by atoms with van der Waals surface area (Å²) in [5.74, 6) is 1.56. The molecule has 1 atom stereocenters. The molecule has 0 radical (unpaired) electrons. The number of hydrogen-bond acceptors (Lipinski definition) is 2. The summed E-state index contributed by atoms with van der Waals surface area (Å²) in [6.45, 7) is 1.22. The third-order valence-electron chi connectivity index (χ3n) is 3.73. The number of furan rings is 1. The zero-order chi connectivity index (χ0) is 16.9. The van der Waals surface area contributed by atoms with Gasteiger partial charge in [0.2, 0.25) is 0 Å². The van der Waals surface area contributed by atoms with Crippen LogP contribution >= 0.6 is 23.2 Å². The van der Waals surface area contributed by atoms with E-state index >= 15 is 0 Å². The van der Waals surface area contributed by atoms with Crippen molar-refractivity contribution in [3.05, 3.63) is 82.0 Å². The van der Waals surface area contributed by atoms with E-state index < -0.39 is 6.10 Å². The van der Waals surface area contributed by atoms with Crippen molar-refractivity contribution in [3.8, 4) is 11.3 Å². The summed E-state index contributed by atoms with van der Waals surface area (Å²) in [5, 5.41) is 13.3. The molecule has 0 aliphatic carbocycles. The first kappa shape index (κ1) is 17.1. The van der Waals surface area contributed by atoms with Crippen molar-refractivity contribution in [2.45, 2.75) is 12.6 Å². The van der Waals surface area contributed by atoms with Gasteiger partial charge in [-0.1, -0.05) is 53.5 Å². The topological polar surface area (TPSA) is 50.0 Å². The van der Waals surface area contributed by atoms with Crippen LogP contribution in [0.4, 0.5) is 0 Å². The molecule has 3 aromatic rings. The van der Waals surface area contributed by atoms with E-state index in [0.717, 1.165) is 22.6 Å². The highest BCUT2D eigenvalue weighted by Crippen LogP contribution is 2.28. The van der Waals surface area contributed by atoms with Crippen LogP contribution in [0.5, 0.6) is 0 Å². The van der Waals surface area contributed by atoms with E-state index in [9.17, 15) is 5.11 Å². The van der Waals surface area contributed by atoms with Gasteiger partial charge < -0.3 is 14.8 Å². The van der Waals surface area contributed by atoms with Gasteiger partial charge in [0.15, 0.2) is 5.76 Å². The Bertz CT molecular complexity index is 782. The first-order valence-corrected chi connectivity index (χ1v) is 8.47. The number of rotatable bonds is 6. The molecule has 0 saturated carbocycles. The first-order valence-electron chi connectivity index (χ1n) is 7.71. The molecule has 3 rings (SSSR count). The standard InChI is InChI=1S/C19H17Cl2NO2/c20-15-8-14(9-16(21)10-15)19-7-6-17(24-19)11-22-12-18(23)13-4-2-1-3-5-13/h1-10,18,22-23H,11-12H2/p+1/t18-/m1/s1. The Labute approximate surface area is 150 Å². The number of nitrogens with two attached hydrogens (primary N) is 1. The maximum atomic E-state index is 10.2. The first-order chi connectivity index (χ1) is 11.6. The molecular weight excluding hydrogens is 345 g/mol. The minimum Gasteiger partial charge on any atom is -0.455 e. The lowest BCUT2D eigenvalue weighted by Gasteiger charge is -2.08. The molecule has 5 heteroatoms. The van der Waals surface area contributed by atoms with Crippen molar-refractivity contribution >= 4 is 23.2 Å². The van der Waals surface area contributed by atoms with E-state index in [4.69, 9.17) is 27.6 Å². The zero-order valence-corrected chi connectivity index (χ0v) is 14.5. The maximum absolute atomic E-state index is 10.2. The van der Waals surface area contributed by atoms with Crippen molar-refractivity contribution in [2.24, 2.45) is 0 Å². The van der Waals surface area contributed by atoms with Crippen LogP contribution in [-0.2, 0) is 6.54 Å². The molecule has 0 unspecified atom stereocenters. The lowest BCUT2D eigenvalue weighted by molar-refractivity contribution is -0.679. The van der Waals surface area contributed by atoms with E-state index in [1.807, 2.05) is 59.9 Å². The highest BCUT2D eigenvalue weighted by molar-refractivity contribution is 6.35. The molecule has 0 amide bonds. The Morgan fingerprint density at radius 3 is 2.38 bits per heavy atom. The highest BCUT2D eigenvalue weighted by Gasteiger charge is 2.11. The van der Waals surface area contributed by atoms with Gasteiger partial charge in [0.05, 0.1) is 0 Å². The van der Waals surface area contributed by atoms with Gasteiger partial charge in [-0.25, -0.2) is 0 Å². The fourth-order valence-electron chi connectivity index (χ4n) is 2.53. The van der Waals surface area contributed by atoms with Gasteiger partial charge in [-0.15, -0.1) is 0 Å². The summed E-state index contributed by atoms with van der Waals surface area (Å²) in [6.07, 6.45) is -0.493. The molecule has 24 heavy (non-hydrogen) atoms. The van der Waals surface area contributed by atoms with Crippen LogP contribution in [-0.4, -0.2) is 11.7 Å². The fraction of sp³-hybridized carbons (Fsp3) is 0.158. The Morgan fingerprint density at radius 1 is 0.958 bits per heavy atom. The molecule has 1 aromatic heterocycles. The van der Waals surface area contributed by atoms with Crippen molar-refractivity contribution in [3.63, 3.8) is 0 Å². The van der Waals surface area contributed by atoms with E-state index in [-0.39, 0.29) is 0 Å². The third kappa shape index (κ3) is 4.40. The van der Waals surface area contributed by atoms with Gasteiger partial charge in [-0.05, 0) is 35.9 Å². The van der Waals surface area contributed by atoms with E-state index in [0.29, 0.717) is 23.1 Å². The van der Waals surface area contributed by atoms with Crippen LogP contribution in [0, 0.1) is 0 Å².